The van der Waals surface area contributed by atoms with Crippen LogP contribution in [0.5, 0.6) is 0 Å². The fourth-order valence-corrected chi connectivity index (χ4v) is 1.99. The average molecular weight is 237 g/mol. The molecule has 0 aromatic heterocycles. The van der Waals surface area contributed by atoms with Crippen LogP contribution in [-0.2, 0) is 4.74 Å². The summed E-state index contributed by atoms with van der Waals surface area (Å²) < 4.78 is 5.29. The third-order valence-corrected chi connectivity index (χ3v) is 2.99. The molecule has 0 fully saturated rings. The smallest absolute Gasteiger partial charge is 0.0466 e. The maximum atomic E-state index is 5.29. The topological polar surface area (TPSA) is 9.23 Å². The Morgan fingerprint density at radius 1 is 1.33 bits per heavy atom. The maximum absolute atomic E-state index is 5.29. The molecule has 0 aromatic carbocycles. The molecule has 0 aliphatic carbocycles. The van der Waals surface area contributed by atoms with Crippen LogP contribution < -0.4 is 0 Å². The van der Waals surface area contributed by atoms with Crippen LogP contribution in [0.25, 0.3) is 0 Å². The van der Waals surface area contributed by atoms with E-state index in [2.05, 4.69) is 29.8 Å². The Bertz CT molecular complexity index is 93.8. The summed E-state index contributed by atoms with van der Waals surface area (Å²) >= 11 is 3.63. The normalized spacial score (nSPS) is 16.0. The molecule has 0 aromatic rings. The minimum Gasteiger partial charge on any atom is -0.382 e. The average Bonchev–Trinajstić information content (AvgIpc) is 2.04. The van der Waals surface area contributed by atoms with Crippen LogP contribution >= 0.6 is 15.9 Å². The lowest BCUT2D eigenvalue weighted by Gasteiger charge is -2.16. The monoisotopic (exact) mass is 236 g/mol. The molecule has 0 heterocycles. The molecule has 0 rings (SSSR count). The largest absolute Gasteiger partial charge is 0.382 e. The summed E-state index contributed by atoms with van der Waals surface area (Å²) in [7, 11) is 0. The first-order valence-electron chi connectivity index (χ1n) is 4.94. The quantitative estimate of drug-likeness (QED) is 0.485. The minimum absolute atomic E-state index is 0.643. The van der Waals surface area contributed by atoms with E-state index in [0.717, 1.165) is 19.1 Å². The SMILES string of the molecule is CCOCCCC(CC)C(C)Br. The molecule has 0 saturated carbocycles. The molecule has 74 valence electrons. The summed E-state index contributed by atoms with van der Waals surface area (Å²) in [6.45, 7) is 8.30. The predicted octanol–water partition coefficient (Wildman–Crippen LogP) is 3.61. The fourth-order valence-electron chi connectivity index (χ4n) is 1.35. The van der Waals surface area contributed by atoms with Crippen LogP contribution in [0.1, 0.15) is 40.0 Å². The van der Waals surface area contributed by atoms with Crippen LogP contribution in [-0.4, -0.2) is 18.0 Å². The lowest BCUT2D eigenvalue weighted by molar-refractivity contribution is 0.139. The first-order chi connectivity index (χ1) is 5.72. The van der Waals surface area contributed by atoms with E-state index in [0.29, 0.717) is 4.83 Å². The van der Waals surface area contributed by atoms with Crippen LogP contribution in [0.3, 0.4) is 0 Å². The van der Waals surface area contributed by atoms with Crippen molar-refractivity contribution < 1.29 is 4.74 Å². The minimum atomic E-state index is 0.643. The van der Waals surface area contributed by atoms with Gasteiger partial charge in [-0.1, -0.05) is 36.2 Å². The number of rotatable bonds is 7. The molecule has 0 radical (unpaired) electrons. The maximum Gasteiger partial charge on any atom is 0.0466 e. The van der Waals surface area contributed by atoms with Gasteiger partial charge in [-0.2, -0.15) is 0 Å². The van der Waals surface area contributed by atoms with E-state index < -0.39 is 0 Å². The van der Waals surface area contributed by atoms with Gasteiger partial charge in [0.25, 0.3) is 0 Å². The van der Waals surface area contributed by atoms with Gasteiger partial charge >= 0.3 is 0 Å². The van der Waals surface area contributed by atoms with Crippen molar-refractivity contribution in [3.63, 3.8) is 0 Å². The van der Waals surface area contributed by atoms with Gasteiger partial charge in [0.1, 0.15) is 0 Å². The zero-order valence-corrected chi connectivity index (χ0v) is 10.1. The van der Waals surface area contributed by atoms with E-state index >= 15 is 0 Å². The molecule has 1 nitrogen and oxygen atoms in total. The molecule has 2 heteroatoms. The molecule has 0 aliphatic rings. The Morgan fingerprint density at radius 3 is 2.42 bits per heavy atom. The highest BCUT2D eigenvalue weighted by Gasteiger charge is 2.11. The Kier molecular flexibility index (Phi) is 8.35. The number of halogens is 1. The lowest BCUT2D eigenvalue weighted by atomic mass is 9.98. The number of hydrogen-bond acceptors (Lipinski definition) is 1. The van der Waals surface area contributed by atoms with Crippen molar-refractivity contribution in [1.82, 2.24) is 0 Å². The fraction of sp³-hybridized carbons (Fsp3) is 1.00. The van der Waals surface area contributed by atoms with Gasteiger partial charge in [-0.05, 0) is 25.7 Å². The van der Waals surface area contributed by atoms with E-state index in [4.69, 9.17) is 4.74 Å². The van der Waals surface area contributed by atoms with Crippen molar-refractivity contribution in [2.75, 3.05) is 13.2 Å². The molecule has 0 bridgehead atoms. The Morgan fingerprint density at radius 2 is 2.00 bits per heavy atom. The van der Waals surface area contributed by atoms with Crippen molar-refractivity contribution in [2.45, 2.75) is 44.9 Å². The molecule has 0 N–H and O–H groups in total. The van der Waals surface area contributed by atoms with Crippen molar-refractivity contribution in [3.8, 4) is 0 Å². The first-order valence-corrected chi connectivity index (χ1v) is 5.85. The van der Waals surface area contributed by atoms with Crippen molar-refractivity contribution in [2.24, 2.45) is 5.92 Å². The van der Waals surface area contributed by atoms with Gasteiger partial charge in [0.05, 0.1) is 0 Å². The van der Waals surface area contributed by atoms with Crippen LogP contribution in [0.15, 0.2) is 0 Å². The molecule has 2 atom stereocenters. The highest BCUT2D eigenvalue weighted by Crippen LogP contribution is 2.21. The summed E-state index contributed by atoms with van der Waals surface area (Å²) in [6.07, 6.45) is 3.74. The predicted molar refractivity (Wildman–Crippen MR) is 57.9 cm³/mol. The van der Waals surface area contributed by atoms with Gasteiger partial charge in [0.15, 0.2) is 0 Å². The van der Waals surface area contributed by atoms with Gasteiger partial charge in [0, 0.05) is 18.0 Å². The number of alkyl halides is 1. The molecule has 0 aliphatic heterocycles. The second kappa shape index (κ2) is 8.06. The number of ether oxygens (including phenoxy) is 1. The van der Waals surface area contributed by atoms with E-state index in [-0.39, 0.29) is 0 Å². The zero-order chi connectivity index (χ0) is 9.40. The van der Waals surface area contributed by atoms with Crippen LogP contribution in [0.4, 0.5) is 0 Å². The molecule has 0 saturated heterocycles. The van der Waals surface area contributed by atoms with E-state index in [1.807, 2.05) is 6.92 Å². The van der Waals surface area contributed by atoms with Crippen LogP contribution in [0, 0.1) is 5.92 Å². The van der Waals surface area contributed by atoms with Crippen LogP contribution in [0.2, 0.25) is 0 Å². The second-order valence-corrected chi connectivity index (χ2v) is 4.63. The van der Waals surface area contributed by atoms with Crippen molar-refractivity contribution in [1.29, 1.82) is 0 Å². The third-order valence-electron chi connectivity index (χ3n) is 2.24. The highest BCUT2D eigenvalue weighted by atomic mass is 79.9. The molecule has 0 spiro atoms. The van der Waals surface area contributed by atoms with Gasteiger partial charge in [-0.15, -0.1) is 0 Å². The summed E-state index contributed by atoms with van der Waals surface area (Å²) in [4.78, 5) is 0.643. The van der Waals surface area contributed by atoms with Gasteiger partial charge in [0.2, 0.25) is 0 Å². The lowest BCUT2D eigenvalue weighted by Crippen LogP contribution is -2.10. The summed E-state index contributed by atoms with van der Waals surface area (Å²) in [5.74, 6) is 0.811. The van der Waals surface area contributed by atoms with Crippen molar-refractivity contribution in [3.05, 3.63) is 0 Å². The summed E-state index contributed by atoms with van der Waals surface area (Å²) in [6, 6.07) is 0. The molecule has 0 amide bonds. The standard InChI is InChI=1S/C10H21BrO/c1-4-10(9(3)11)7-6-8-12-5-2/h9-10H,4-8H2,1-3H3. The van der Waals surface area contributed by atoms with Gasteiger partial charge < -0.3 is 4.74 Å². The number of hydrogen-bond donors (Lipinski definition) is 0. The van der Waals surface area contributed by atoms with E-state index in [1.165, 1.54) is 19.3 Å². The summed E-state index contributed by atoms with van der Waals surface area (Å²) in [5.41, 5.74) is 0. The second-order valence-electron chi connectivity index (χ2n) is 3.19. The molecule has 12 heavy (non-hydrogen) atoms. The first kappa shape index (κ1) is 12.4. The van der Waals surface area contributed by atoms with E-state index in [1.54, 1.807) is 0 Å². The third kappa shape index (κ3) is 6.01. The van der Waals surface area contributed by atoms with E-state index in [9.17, 15) is 0 Å². The Labute approximate surface area is 85.0 Å². The molecular formula is C10H21BrO. The molecular weight excluding hydrogens is 216 g/mol. The Hall–Kier alpha value is 0.440. The van der Waals surface area contributed by atoms with Gasteiger partial charge in [-0.3, -0.25) is 0 Å². The Balaban J connectivity index is 3.32. The highest BCUT2D eigenvalue weighted by molar-refractivity contribution is 9.09. The summed E-state index contributed by atoms with van der Waals surface area (Å²) in [5, 5.41) is 0. The van der Waals surface area contributed by atoms with Gasteiger partial charge in [-0.25, -0.2) is 0 Å². The molecule has 2 unspecified atom stereocenters. The zero-order valence-electron chi connectivity index (χ0n) is 8.48. The van der Waals surface area contributed by atoms with Crippen molar-refractivity contribution >= 4 is 15.9 Å².